The van der Waals surface area contributed by atoms with E-state index in [-0.39, 0.29) is 11.9 Å². The Bertz CT molecular complexity index is 324. The van der Waals surface area contributed by atoms with Gasteiger partial charge in [-0.2, -0.15) is 0 Å². The lowest BCUT2D eigenvalue weighted by Crippen LogP contribution is -2.35. The molecule has 1 heterocycles. The minimum Gasteiger partial charge on any atom is -0.348 e. The first-order valence-corrected chi connectivity index (χ1v) is 5.55. The molecule has 0 bridgehead atoms. The van der Waals surface area contributed by atoms with Crippen LogP contribution in [0, 0.1) is 0 Å². The first-order valence-electron chi connectivity index (χ1n) is 5.02. The Morgan fingerprint density at radius 3 is 2.93 bits per heavy atom. The number of nitrogens with zero attached hydrogens (tertiary/aromatic N) is 2. The van der Waals surface area contributed by atoms with Crippen molar-refractivity contribution in [2.45, 2.75) is 25.8 Å². The number of carbonyl (C=O) groups is 1. The number of alkyl halides is 1. The van der Waals surface area contributed by atoms with Gasteiger partial charge in [-0.1, -0.05) is 6.92 Å². The average molecular weight is 230 g/mol. The van der Waals surface area contributed by atoms with Crippen molar-refractivity contribution < 1.29 is 4.79 Å². The van der Waals surface area contributed by atoms with Gasteiger partial charge < -0.3 is 9.88 Å². The fourth-order valence-corrected chi connectivity index (χ4v) is 1.61. The summed E-state index contributed by atoms with van der Waals surface area (Å²) in [4.78, 5) is 15.7. The lowest BCUT2D eigenvalue weighted by Gasteiger charge is -2.15. The molecule has 1 atom stereocenters. The van der Waals surface area contributed by atoms with Crippen molar-refractivity contribution >= 4 is 17.5 Å². The van der Waals surface area contributed by atoms with Gasteiger partial charge in [-0.3, -0.25) is 4.79 Å². The Morgan fingerprint density at radius 1 is 1.73 bits per heavy atom. The first kappa shape index (κ1) is 12.0. The minimum absolute atomic E-state index is 0.0908. The summed E-state index contributed by atoms with van der Waals surface area (Å²) in [6, 6.07) is 0.143. The van der Waals surface area contributed by atoms with E-state index in [1.54, 1.807) is 24.1 Å². The summed E-state index contributed by atoms with van der Waals surface area (Å²) in [6.45, 7) is 2.03. The van der Waals surface area contributed by atoms with Gasteiger partial charge in [0.05, 0.1) is 12.5 Å². The van der Waals surface area contributed by atoms with Crippen LogP contribution < -0.4 is 5.32 Å². The summed E-state index contributed by atoms with van der Waals surface area (Å²) in [7, 11) is 1.80. The summed E-state index contributed by atoms with van der Waals surface area (Å²) >= 11 is 5.65. The molecule has 1 amide bonds. The van der Waals surface area contributed by atoms with E-state index in [1.807, 2.05) is 6.92 Å². The molecule has 84 valence electrons. The number of carbonyl (C=O) groups excluding carboxylic acids is 1. The van der Waals surface area contributed by atoms with Gasteiger partial charge >= 0.3 is 0 Å². The number of aromatic nitrogens is 2. The molecule has 1 aromatic heterocycles. The number of hydrogen-bond donors (Lipinski definition) is 1. The largest absolute Gasteiger partial charge is 0.348 e. The van der Waals surface area contributed by atoms with Gasteiger partial charge in [0, 0.05) is 19.0 Å². The van der Waals surface area contributed by atoms with Crippen molar-refractivity contribution in [1.82, 2.24) is 14.9 Å². The van der Waals surface area contributed by atoms with E-state index in [4.69, 9.17) is 11.6 Å². The molecule has 1 rings (SSSR count). The van der Waals surface area contributed by atoms with E-state index in [1.165, 1.54) is 0 Å². The van der Waals surface area contributed by atoms with Crippen LogP contribution in [0.1, 0.15) is 30.3 Å². The highest BCUT2D eigenvalue weighted by Crippen LogP contribution is 2.02. The summed E-state index contributed by atoms with van der Waals surface area (Å²) in [6.07, 6.45) is 4.85. The quantitative estimate of drug-likeness (QED) is 0.779. The fraction of sp³-hybridized carbons (Fsp3) is 0.600. The van der Waals surface area contributed by atoms with Crippen LogP contribution in [0.25, 0.3) is 0 Å². The van der Waals surface area contributed by atoms with Crippen molar-refractivity contribution in [3.63, 3.8) is 0 Å². The number of aryl methyl sites for hydroxylation is 1. The third-order valence-electron chi connectivity index (χ3n) is 2.33. The second-order valence-corrected chi connectivity index (χ2v) is 3.82. The molecule has 0 saturated carbocycles. The van der Waals surface area contributed by atoms with Crippen molar-refractivity contribution in [3.8, 4) is 0 Å². The van der Waals surface area contributed by atoms with Gasteiger partial charge in [0.15, 0.2) is 0 Å². The number of halogens is 1. The normalized spacial score (nSPS) is 12.5. The molecule has 1 unspecified atom stereocenters. The number of nitrogens with one attached hydrogen (secondary N) is 1. The maximum atomic E-state index is 11.8. The third kappa shape index (κ3) is 3.23. The van der Waals surface area contributed by atoms with Gasteiger partial charge in [-0.15, -0.1) is 11.6 Å². The topological polar surface area (TPSA) is 46.9 Å². The predicted octanol–water partition coefficient (Wildman–Crippen LogP) is 1.56. The SMILES string of the molecule is CCC(CCCl)NC(=O)c1cncn1C. The van der Waals surface area contributed by atoms with Crippen LogP contribution in [0.2, 0.25) is 0 Å². The number of imidazole rings is 1. The van der Waals surface area contributed by atoms with Gasteiger partial charge in [-0.25, -0.2) is 4.98 Å². The van der Waals surface area contributed by atoms with Crippen molar-refractivity contribution in [1.29, 1.82) is 0 Å². The van der Waals surface area contributed by atoms with Crippen LogP contribution in [-0.4, -0.2) is 27.4 Å². The molecular weight excluding hydrogens is 214 g/mol. The zero-order valence-electron chi connectivity index (χ0n) is 9.03. The highest BCUT2D eigenvalue weighted by atomic mass is 35.5. The monoisotopic (exact) mass is 229 g/mol. The van der Waals surface area contributed by atoms with Crippen molar-refractivity contribution in [3.05, 3.63) is 18.2 Å². The van der Waals surface area contributed by atoms with E-state index < -0.39 is 0 Å². The number of hydrogen-bond acceptors (Lipinski definition) is 2. The molecule has 0 aliphatic rings. The third-order valence-corrected chi connectivity index (χ3v) is 2.55. The first-order chi connectivity index (χ1) is 7.19. The van der Waals surface area contributed by atoms with E-state index in [0.717, 1.165) is 12.8 Å². The Kier molecular flexibility index (Phi) is 4.62. The Balaban J connectivity index is 2.58. The van der Waals surface area contributed by atoms with Crippen LogP contribution in [0.15, 0.2) is 12.5 Å². The number of amides is 1. The fourth-order valence-electron chi connectivity index (χ4n) is 1.35. The van der Waals surface area contributed by atoms with E-state index >= 15 is 0 Å². The molecule has 0 radical (unpaired) electrons. The van der Waals surface area contributed by atoms with E-state index in [9.17, 15) is 4.79 Å². The summed E-state index contributed by atoms with van der Waals surface area (Å²) in [5.74, 6) is 0.469. The predicted molar refractivity (Wildman–Crippen MR) is 60.1 cm³/mol. The second kappa shape index (κ2) is 5.75. The molecule has 0 fully saturated rings. The molecule has 0 saturated heterocycles. The Labute approximate surface area is 94.6 Å². The molecule has 1 N–H and O–H groups in total. The maximum absolute atomic E-state index is 11.8. The van der Waals surface area contributed by atoms with Gasteiger partial charge in [0.2, 0.25) is 0 Å². The molecule has 0 spiro atoms. The summed E-state index contributed by atoms with van der Waals surface area (Å²) in [5, 5.41) is 2.93. The van der Waals surface area contributed by atoms with Gasteiger partial charge in [0.1, 0.15) is 5.69 Å². The Hall–Kier alpha value is -1.03. The molecule has 1 aromatic rings. The lowest BCUT2D eigenvalue weighted by atomic mass is 10.1. The Morgan fingerprint density at radius 2 is 2.47 bits per heavy atom. The highest BCUT2D eigenvalue weighted by Gasteiger charge is 2.13. The molecule has 5 heteroatoms. The number of rotatable bonds is 5. The standard InChI is InChI=1S/C10H16ClN3O/c1-3-8(4-5-11)13-10(15)9-6-12-7-14(9)2/h6-8H,3-5H2,1-2H3,(H,13,15). The summed E-state index contributed by atoms with van der Waals surface area (Å²) in [5.41, 5.74) is 0.572. The molecule has 15 heavy (non-hydrogen) atoms. The molecule has 0 aliphatic carbocycles. The van der Waals surface area contributed by atoms with Crippen LogP contribution in [0.4, 0.5) is 0 Å². The molecule has 4 nitrogen and oxygen atoms in total. The second-order valence-electron chi connectivity index (χ2n) is 3.45. The maximum Gasteiger partial charge on any atom is 0.269 e. The van der Waals surface area contributed by atoms with Gasteiger partial charge in [0.25, 0.3) is 5.91 Å². The van der Waals surface area contributed by atoms with Crippen LogP contribution in [0.3, 0.4) is 0 Å². The average Bonchev–Trinajstić information content (AvgIpc) is 2.63. The molecular formula is C10H16ClN3O. The smallest absolute Gasteiger partial charge is 0.269 e. The van der Waals surface area contributed by atoms with Crippen LogP contribution in [0.5, 0.6) is 0 Å². The van der Waals surface area contributed by atoms with Crippen LogP contribution in [-0.2, 0) is 7.05 Å². The highest BCUT2D eigenvalue weighted by molar-refractivity contribution is 6.17. The zero-order chi connectivity index (χ0) is 11.3. The van der Waals surface area contributed by atoms with E-state index in [0.29, 0.717) is 11.6 Å². The molecule has 0 aliphatic heterocycles. The zero-order valence-corrected chi connectivity index (χ0v) is 9.79. The van der Waals surface area contributed by atoms with Crippen LogP contribution >= 0.6 is 11.6 Å². The van der Waals surface area contributed by atoms with Crippen molar-refractivity contribution in [2.75, 3.05) is 5.88 Å². The van der Waals surface area contributed by atoms with Crippen molar-refractivity contribution in [2.24, 2.45) is 7.05 Å². The summed E-state index contributed by atoms with van der Waals surface area (Å²) < 4.78 is 1.70. The lowest BCUT2D eigenvalue weighted by molar-refractivity contribution is 0.0927. The van der Waals surface area contributed by atoms with E-state index in [2.05, 4.69) is 10.3 Å². The molecule has 0 aromatic carbocycles. The minimum atomic E-state index is -0.0908. The van der Waals surface area contributed by atoms with Gasteiger partial charge in [-0.05, 0) is 12.8 Å².